The molecule has 2 aromatic carbocycles. The molecule has 3 saturated heterocycles. The van der Waals surface area contributed by atoms with Crippen molar-refractivity contribution in [2.75, 3.05) is 19.6 Å². The van der Waals surface area contributed by atoms with E-state index in [0.29, 0.717) is 5.92 Å². The van der Waals surface area contributed by atoms with Gasteiger partial charge in [0.15, 0.2) is 0 Å². The fourth-order valence-corrected chi connectivity index (χ4v) is 6.97. The number of piperidine rings is 3. The summed E-state index contributed by atoms with van der Waals surface area (Å²) in [5.74, 6) is 1.45. The fraction of sp³-hybridized carbons (Fsp3) is 0.567. The molecule has 2 atom stereocenters. The normalized spacial score (nSPS) is 26.6. The number of hydrogen-bond acceptors (Lipinski definition) is 3. The van der Waals surface area contributed by atoms with Crippen molar-refractivity contribution >= 4 is 6.09 Å². The van der Waals surface area contributed by atoms with Crippen LogP contribution in [0.15, 0.2) is 30.3 Å². The van der Waals surface area contributed by atoms with Gasteiger partial charge in [-0.2, -0.15) is 0 Å². The molecule has 0 saturated carbocycles. The minimum Gasteiger partial charge on any atom is -0.490 e. The first kappa shape index (κ1) is 24.2. The van der Waals surface area contributed by atoms with Crippen molar-refractivity contribution in [1.82, 2.24) is 9.80 Å². The second kappa shape index (κ2) is 8.85. The second-order valence-corrected chi connectivity index (χ2v) is 12.0. The van der Waals surface area contributed by atoms with Gasteiger partial charge in [-0.05, 0) is 117 Å². The Kier molecular flexibility index (Phi) is 6.11. The first-order valence-electron chi connectivity index (χ1n) is 13.2. The summed E-state index contributed by atoms with van der Waals surface area (Å²) in [4.78, 5) is 17.0. The summed E-state index contributed by atoms with van der Waals surface area (Å²) in [5.41, 5.74) is 6.98. The maximum atomic E-state index is 12.7. The molecule has 0 aromatic heterocycles. The molecule has 1 amide bonds. The van der Waals surface area contributed by atoms with Crippen molar-refractivity contribution in [3.63, 3.8) is 0 Å². The third-order valence-corrected chi connectivity index (χ3v) is 8.45. The maximum Gasteiger partial charge on any atom is 0.408 e. The predicted molar refractivity (Wildman–Crippen MR) is 140 cm³/mol. The quantitative estimate of drug-likeness (QED) is 0.538. The smallest absolute Gasteiger partial charge is 0.408 e. The Morgan fingerprint density at radius 3 is 2.29 bits per heavy atom. The highest BCUT2D eigenvalue weighted by atomic mass is 16.5. The average Bonchev–Trinajstić information content (AvgIpc) is 3.06. The lowest BCUT2D eigenvalue weighted by molar-refractivity contribution is -0.0267. The Labute approximate surface area is 210 Å². The Bertz CT molecular complexity index is 1110. The van der Waals surface area contributed by atoms with Gasteiger partial charge in [0.1, 0.15) is 5.75 Å². The highest BCUT2D eigenvalue weighted by Crippen LogP contribution is 2.51. The van der Waals surface area contributed by atoms with E-state index in [-0.39, 0.29) is 23.6 Å². The van der Waals surface area contributed by atoms with E-state index in [0.717, 1.165) is 55.8 Å². The topological polar surface area (TPSA) is 53.0 Å². The van der Waals surface area contributed by atoms with Crippen molar-refractivity contribution in [3.05, 3.63) is 52.6 Å². The summed E-state index contributed by atoms with van der Waals surface area (Å²) < 4.78 is 6.04. The van der Waals surface area contributed by atoms with Gasteiger partial charge in [-0.1, -0.05) is 32.0 Å². The van der Waals surface area contributed by atoms with E-state index in [1.54, 1.807) is 0 Å². The van der Waals surface area contributed by atoms with E-state index in [9.17, 15) is 9.90 Å². The van der Waals surface area contributed by atoms with Gasteiger partial charge in [0, 0.05) is 6.54 Å². The van der Waals surface area contributed by atoms with Crippen LogP contribution in [0.4, 0.5) is 4.79 Å². The summed E-state index contributed by atoms with van der Waals surface area (Å²) in [6, 6.07) is 11.1. The molecule has 5 heteroatoms. The molecule has 5 nitrogen and oxygen atoms in total. The monoisotopic (exact) mass is 476 g/mol. The number of amides is 1. The van der Waals surface area contributed by atoms with Crippen molar-refractivity contribution in [2.45, 2.75) is 79.0 Å². The number of hydrogen-bond donors (Lipinski definition) is 1. The Hall–Kier alpha value is -2.53. The van der Waals surface area contributed by atoms with E-state index >= 15 is 0 Å². The zero-order chi connectivity index (χ0) is 25.1. The minimum atomic E-state index is -0.772. The SMILES string of the molecule is Cc1cc(-c2ccc3c(c2)CC(C)(C)[C@H]3N(C(=O)O)[C@@H]2CN3CCC2CC3)cc(C)c1OC(C)C. The standard InChI is InChI=1S/C30H40N2O3/c1-18(2)35-27-19(3)13-23(14-20(27)4)22-7-8-25-24(15-22)16-30(5,6)28(25)32(29(33)34)26-17-31-11-9-21(26)10-12-31/h7-8,13-15,18,21,26,28H,9-12,16-17H2,1-6H3,(H,33,34)/t26-,28+/m1/s1. The first-order chi connectivity index (χ1) is 16.5. The van der Waals surface area contributed by atoms with Gasteiger partial charge in [0.2, 0.25) is 0 Å². The summed E-state index contributed by atoms with van der Waals surface area (Å²) in [5, 5.41) is 10.4. The fourth-order valence-electron chi connectivity index (χ4n) is 6.97. The highest BCUT2D eigenvalue weighted by molar-refractivity contribution is 5.71. The van der Waals surface area contributed by atoms with Gasteiger partial charge >= 0.3 is 6.09 Å². The van der Waals surface area contributed by atoms with Crippen LogP contribution in [0.3, 0.4) is 0 Å². The number of rotatable bonds is 5. The number of aryl methyl sites for hydroxylation is 2. The van der Waals surface area contributed by atoms with Gasteiger partial charge in [0.25, 0.3) is 0 Å². The van der Waals surface area contributed by atoms with Gasteiger partial charge in [-0.15, -0.1) is 0 Å². The minimum absolute atomic E-state index is 0.0868. The molecule has 1 N–H and O–H groups in total. The van der Waals surface area contributed by atoms with Gasteiger partial charge < -0.3 is 14.7 Å². The van der Waals surface area contributed by atoms with E-state index in [2.05, 4.69) is 76.8 Å². The van der Waals surface area contributed by atoms with Gasteiger partial charge in [0.05, 0.1) is 18.2 Å². The molecule has 0 unspecified atom stereocenters. The predicted octanol–water partition coefficient (Wildman–Crippen LogP) is 6.46. The molecule has 6 rings (SSSR count). The lowest BCUT2D eigenvalue weighted by Crippen LogP contribution is -2.60. The summed E-state index contributed by atoms with van der Waals surface area (Å²) in [6.45, 7) is 15.9. The summed E-state index contributed by atoms with van der Waals surface area (Å²) in [7, 11) is 0. The number of carboxylic acid groups (broad SMARTS) is 1. The van der Waals surface area contributed by atoms with E-state index in [4.69, 9.17) is 4.74 Å². The molecule has 4 aliphatic rings. The number of fused-ring (bicyclic) bond motifs is 4. The third kappa shape index (κ3) is 4.33. The molecule has 188 valence electrons. The maximum absolute atomic E-state index is 12.7. The van der Waals surface area contributed by atoms with Crippen molar-refractivity contribution < 1.29 is 14.6 Å². The third-order valence-electron chi connectivity index (χ3n) is 8.45. The Balaban J connectivity index is 1.50. The van der Waals surface area contributed by atoms with Crippen LogP contribution in [-0.4, -0.2) is 52.8 Å². The van der Waals surface area contributed by atoms with Crippen molar-refractivity contribution in [3.8, 4) is 16.9 Å². The van der Waals surface area contributed by atoms with E-state index < -0.39 is 6.09 Å². The van der Waals surface area contributed by atoms with Crippen LogP contribution < -0.4 is 4.74 Å². The van der Waals surface area contributed by atoms with Crippen LogP contribution in [0.5, 0.6) is 5.75 Å². The molecule has 3 fully saturated rings. The molecular formula is C30H40N2O3. The second-order valence-electron chi connectivity index (χ2n) is 12.0. The van der Waals surface area contributed by atoms with Crippen LogP contribution in [-0.2, 0) is 6.42 Å². The molecule has 0 radical (unpaired) electrons. The molecular weight excluding hydrogens is 436 g/mol. The lowest BCUT2D eigenvalue weighted by atomic mass is 9.79. The molecule has 3 aliphatic heterocycles. The van der Waals surface area contributed by atoms with Gasteiger partial charge in [-0.25, -0.2) is 4.79 Å². The molecule has 2 bridgehead atoms. The van der Waals surface area contributed by atoms with Gasteiger partial charge in [-0.3, -0.25) is 4.90 Å². The molecule has 0 spiro atoms. The Morgan fingerprint density at radius 1 is 1.09 bits per heavy atom. The first-order valence-corrected chi connectivity index (χ1v) is 13.2. The van der Waals surface area contributed by atoms with Crippen molar-refractivity contribution in [2.24, 2.45) is 11.3 Å². The number of benzene rings is 2. The zero-order valence-electron chi connectivity index (χ0n) is 22.1. The van der Waals surface area contributed by atoms with Crippen LogP contribution in [0.2, 0.25) is 0 Å². The number of nitrogens with zero attached hydrogens (tertiary/aromatic N) is 2. The van der Waals surface area contributed by atoms with Crippen LogP contribution in [0, 0.1) is 25.2 Å². The van der Waals surface area contributed by atoms with Crippen LogP contribution >= 0.6 is 0 Å². The highest BCUT2D eigenvalue weighted by Gasteiger charge is 2.50. The summed E-state index contributed by atoms with van der Waals surface area (Å²) >= 11 is 0. The molecule has 3 heterocycles. The van der Waals surface area contributed by atoms with Crippen LogP contribution in [0.1, 0.15) is 68.8 Å². The molecule has 35 heavy (non-hydrogen) atoms. The van der Waals surface area contributed by atoms with E-state index in [1.165, 1.54) is 22.3 Å². The largest absolute Gasteiger partial charge is 0.490 e. The Morgan fingerprint density at radius 2 is 1.74 bits per heavy atom. The van der Waals surface area contributed by atoms with E-state index in [1.807, 2.05) is 4.90 Å². The van der Waals surface area contributed by atoms with Crippen LogP contribution in [0.25, 0.3) is 11.1 Å². The lowest BCUT2D eigenvalue weighted by Gasteiger charge is -2.51. The summed E-state index contributed by atoms with van der Waals surface area (Å²) in [6.07, 6.45) is 2.49. The number of ether oxygens (including phenoxy) is 1. The number of carbonyl (C=O) groups is 1. The zero-order valence-corrected chi connectivity index (χ0v) is 22.1. The molecule has 1 aliphatic carbocycles. The molecule has 2 aromatic rings. The average molecular weight is 477 g/mol. The van der Waals surface area contributed by atoms with Crippen molar-refractivity contribution in [1.29, 1.82) is 0 Å².